The van der Waals surface area contributed by atoms with Crippen LogP contribution in [0.2, 0.25) is 0 Å². The van der Waals surface area contributed by atoms with Crippen molar-refractivity contribution in [2.75, 3.05) is 0 Å². The predicted molar refractivity (Wildman–Crippen MR) is 64.9 cm³/mol. The van der Waals surface area contributed by atoms with Gasteiger partial charge in [-0.05, 0) is 32.6 Å². The summed E-state index contributed by atoms with van der Waals surface area (Å²) in [5.74, 6) is 0. The number of halogens is 1. The van der Waals surface area contributed by atoms with Crippen molar-refractivity contribution in [3.05, 3.63) is 0 Å². The number of ether oxygens (including phenoxy) is 2. The molecule has 5 nitrogen and oxygen atoms in total. The fraction of sp³-hybridized carbons (Fsp3) is 0.800. The standard InChI is InChI=1S/C10H15IO5/c1-7(11)10(5-3-2-4-6-10)16-9(14)15-8(12)13/h7H,2-6H2,1H3,(H,12,13). The van der Waals surface area contributed by atoms with Crippen molar-refractivity contribution in [3.8, 4) is 0 Å². The van der Waals surface area contributed by atoms with Crippen LogP contribution in [0.5, 0.6) is 0 Å². The number of hydrogen-bond acceptors (Lipinski definition) is 4. The lowest BCUT2D eigenvalue weighted by molar-refractivity contribution is -0.0445. The molecule has 0 aromatic carbocycles. The van der Waals surface area contributed by atoms with Crippen LogP contribution < -0.4 is 0 Å². The van der Waals surface area contributed by atoms with Gasteiger partial charge in [0.05, 0.1) is 0 Å². The van der Waals surface area contributed by atoms with Gasteiger partial charge < -0.3 is 14.6 Å². The van der Waals surface area contributed by atoms with Crippen LogP contribution >= 0.6 is 22.6 Å². The van der Waals surface area contributed by atoms with E-state index in [0.717, 1.165) is 32.1 Å². The summed E-state index contributed by atoms with van der Waals surface area (Å²) < 4.78 is 9.31. The summed E-state index contributed by atoms with van der Waals surface area (Å²) in [4.78, 5) is 21.4. The van der Waals surface area contributed by atoms with E-state index < -0.39 is 17.9 Å². The fourth-order valence-electron chi connectivity index (χ4n) is 1.99. The monoisotopic (exact) mass is 342 g/mol. The predicted octanol–water partition coefficient (Wildman–Crippen LogP) is 3.34. The zero-order valence-corrected chi connectivity index (χ0v) is 11.2. The van der Waals surface area contributed by atoms with Crippen LogP contribution in [0.1, 0.15) is 39.0 Å². The molecule has 0 aromatic heterocycles. The van der Waals surface area contributed by atoms with Gasteiger partial charge in [0.1, 0.15) is 5.60 Å². The average Bonchev–Trinajstić information content (AvgIpc) is 2.17. The van der Waals surface area contributed by atoms with Crippen LogP contribution in [-0.4, -0.2) is 26.9 Å². The highest BCUT2D eigenvalue weighted by atomic mass is 127. The van der Waals surface area contributed by atoms with Crippen molar-refractivity contribution in [2.45, 2.75) is 48.6 Å². The molecule has 0 bridgehead atoms. The van der Waals surface area contributed by atoms with Crippen LogP contribution in [-0.2, 0) is 9.47 Å². The summed E-state index contributed by atoms with van der Waals surface area (Å²) in [6.07, 6.45) is 1.91. The topological polar surface area (TPSA) is 72.8 Å². The first-order chi connectivity index (χ1) is 7.46. The highest BCUT2D eigenvalue weighted by Gasteiger charge is 2.41. The second-order valence-corrected chi connectivity index (χ2v) is 5.83. The molecular weight excluding hydrogens is 327 g/mol. The van der Waals surface area contributed by atoms with Crippen molar-refractivity contribution in [1.82, 2.24) is 0 Å². The molecule has 1 N–H and O–H groups in total. The normalized spacial score (nSPS) is 20.9. The highest BCUT2D eigenvalue weighted by Crippen LogP contribution is 2.38. The van der Waals surface area contributed by atoms with Gasteiger partial charge in [-0.25, -0.2) is 9.59 Å². The zero-order valence-electron chi connectivity index (χ0n) is 9.07. The van der Waals surface area contributed by atoms with E-state index in [1.165, 1.54) is 0 Å². The van der Waals surface area contributed by atoms with Crippen molar-refractivity contribution >= 4 is 34.9 Å². The van der Waals surface area contributed by atoms with Crippen molar-refractivity contribution in [2.24, 2.45) is 0 Å². The first kappa shape index (κ1) is 13.5. The van der Waals surface area contributed by atoms with Crippen LogP contribution in [0.15, 0.2) is 0 Å². The SMILES string of the molecule is CC(I)C1(OC(=O)OC(=O)O)CCCCC1. The van der Waals surface area contributed by atoms with E-state index in [0.29, 0.717) is 0 Å². The summed E-state index contributed by atoms with van der Waals surface area (Å²) in [7, 11) is 0. The largest absolute Gasteiger partial charge is 0.519 e. The van der Waals surface area contributed by atoms with Gasteiger partial charge in [0.15, 0.2) is 0 Å². The molecule has 1 fully saturated rings. The van der Waals surface area contributed by atoms with E-state index in [4.69, 9.17) is 9.84 Å². The quantitative estimate of drug-likeness (QED) is 0.361. The summed E-state index contributed by atoms with van der Waals surface area (Å²) in [5, 5.41) is 8.31. The number of alkyl halides is 1. The van der Waals surface area contributed by atoms with Crippen LogP contribution in [0.25, 0.3) is 0 Å². The molecule has 1 saturated carbocycles. The Morgan fingerprint density at radius 3 is 2.31 bits per heavy atom. The molecule has 1 rings (SSSR count). The van der Waals surface area contributed by atoms with Crippen molar-refractivity contribution in [3.63, 3.8) is 0 Å². The third-order valence-electron chi connectivity index (χ3n) is 2.88. The Bertz CT molecular complexity index is 270. The molecular formula is C10H15IO5. The Kier molecular flexibility index (Phi) is 4.82. The lowest BCUT2D eigenvalue weighted by Crippen LogP contribution is -2.44. The molecule has 1 aliphatic carbocycles. The van der Waals surface area contributed by atoms with Gasteiger partial charge >= 0.3 is 12.3 Å². The van der Waals surface area contributed by atoms with E-state index in [-0.39, 0.29) is 3.92 Å². The summed E-state index contributed by atoms with van der Waals surface area (Å²) in [5.41, 5.74) is -0.564. The lowest BCUT2D eigenvalue weighted by Gasteiger charge is -2.38. The second kappa shape index (κ2) is 5.70. The Morgan fingerprint density at radius 1 is 1.31 bits per heavy atom. The van der Waals surface area contributed by atoms with Crippen LogP contribution in [0.3, 0.4) is 0 Å². The number of rotatable bonds is 2. The summed E-state index contributed by atoms with van der Waals surface area (Å²) in [6.45, 7) is 1.96. The molecule has 0 heterocycles. The van der Waals surface area contributed by atoms with E-state index in [1.807, 2.05) is 6.92 Å². The van der Waals surface area contributed by atoms with Crippen LogP contribution in [0.4, 0.5) is 9.59 Å². The summed E-state index contributed by atoms with van der Waals surface area (Å²) >= 11 is 2.20. The third kappa shape index (κ3) is 3.50. The van der Waals surface area contributed by atoms with Gasteiger partial charge in [0, 0.05) is 3.92 Å². The molecule has 0 spiro atoms. The average molecular weight is 342 g/mol. The minimum atomic E-state index is -1.63. The van der Waals surface area contributed by atoms with Gasteiger partial charge in [-0.2, -0.15) is 0 Å². The van der Waals surface area contributed by atoms with E-state index in [2.05, 4.69) is 27.3 Å². The Morgan fingerprint density at radius 2 is 1.88 bits per heavy atom. The second-order valence-electron chi connectivity index (χ2n) is 3.96. The molecule has 0 saturated heterocycles. The number of carbonyl (C=O) groups excluding carboxylic acids is 1. The maximum atomic E-state index is 11.2. The number of carboxylic acid groups (broad SMARTS) is 1. The van der Waals surface area contributed by atoms with Crippen molar-refractivity contribution < 1.29 is 24.2 Å². The van der Waals surface area contributed by atoms with Crippen LogP contribution in [0, 0.1) is 0 Å². The maximum Gasteiger partial charge on any atom is 0.519 e. The number of hydrogen-bond donors (Lipinski definition) is 1. The Hall–Kier alpha value is -0.530. The minimum Gasteiger partial charge on any atom is -0.449 e. The lowest BCUT2D eigenvalue weighted by atomic mass is 9.83. The minimum absolute atomic E-state index is 0.131. The third-order valence-corrected chi connectivity index (χ3v) is 4.02. The van der Waals surface area contributed by atoms with Gasteiger partial charge in [0.25, 0.3) is 0 Å². The molecule has 0 amide bonds. The van der Waals surface area contributed by atoms with E-state index in [9.17, 15) is 9.59 Å². The molecule has 0 aliphatic heterocycles. The molecule has 0 radical (unpaired) electrons. The first-order valence-electron chi connectivity index (χ1n) is 5.24. The zero-order chi connectivity index (χ0) is 12.2. The molecule has 92 valence electrons. The molecule has 1 aliphatic rings. The van der Waals surface area contributed by atoms with Gasteiger partial charge in [0.2, 0.25) is 0 Å². The Balaban J connectivity index is 2.63. The summed E-state index contributed by atoms with van der Waals surface area (Å²) in [6, 6.07) is 0. The Labute approximate surface area is 108 Å². The van der Waals surface area contributed by atoms with Gasteiger partial charge in [-0.15, -0.1) is 0 Å². The smallest absolute Gasteiger partial charge is 0.449 e. The molecule has 16 heavy (non-hydrogen) atoms. The first-order valence-corrected chi connectivity index (χ1v) is 6.49. The van der Waals surface area contributed by atoms with E-state index >= 15 is 0 Å². The molecule has 1 unspecified atom stereocenters. The molecule has 1 atom stereocenters. The van der Waals surface area contributed by atoms with Crippen molar-refractivity contribution in [1.29, 1.82) is 0 Å². The van der Waals surface area contributed by atoms with Gasteiger partial charge in [-0.3, -0.25) is 0 Å². The van der Waals surface area contributed by atoms with E-state index in [1.54, 1.807) is 0 Å². The maximum absolute atomic E-state index is 11.2. The number of carbonyl (C=O) groups is 2. The highest BCUT2D eigenvalue weighted by molar-refractivity contribution is 14.1. The molecule has 6 heteroatoms. The fourth-order valence-corrected chi connectivity index (χ4v) is 2.74. The molecule has 0 aromatic rings. The van der Waals surface area contributed by atoms with Gasteiger partial charge in [-0.1, -0.05) is 29.0 Å².